The normalized spacial score (nSPS) is 22.5. The Bertz CT molecular complexity index is 668. The fourth-order valence-corrected chi connectivity index (χ4v) is 3.14. The van der Waals surface area contributed by atoms with Crippen molar-refractivity contribution in [3.8, 4) is 0 Å². The first kappa shape index (κ1) is 14.2. The van der Waals surface area contributed by atoms with Gasteiger partial charge < -0.3 is 15.4 Å². The van der Waals surface area contributed by atoms with Crippen LogP contribution >= 0.6 is 0 Å². The van der Waals surface area contributed by atoms with Gasteiger partial charge in [0.1, 0.15) is 5.82 Å². The largest absolute Gasteiger partial charge is 0.396 e. The predicted octanol–water partition coefficient (Wildman–Crippen LogP) is 1.56. The molecule has 1 heterocycles. The molecule has 5 heteroatoms. The molecule has 3 N–H and O–H groups in total. The number of hydrogen-bond acceptors (Lipinski definition) is 4. The number of benzene rings is 1. The lowest BCUT2D eigenvalue weighted by atomic mass is 9.85. The standard InChI is InChI=1S/C16H21N3O2/c20-10-11-5-1-3-7-13(11)17-9-15-18-14-8-4-2-6-12(14)16(21)19-15/h2,4,6,8,11,13,17,20H,1,3,5,7,9-10H2,(H,18,19,21). The highest BCUT2D eigenvalue weighted by Crippen LogP contribution is 2.24. The van der Waals surface area contributed by atoms with Gasteiger partial charge in [-0.1, -0.05) is 25.0 Å². The number of aliphatic hydroxyl groups excluding tert-OH is 1. The third kappa shape index (κ3) is 3.14. The van der Waals surface area contributed by atoms with E-state index in [9.17, 15) is 9.90 Å². The van der Waals surface area contributed by atoms with Crippen LogP contribution in [0.15, 0.2) is 29.1 Å². The van der Waals surface area contributed by atoms with Gasteiger partial charge in [-0.3, -0.25) is 4.79 Å². The van der Waals surface area contributed by atoms with Crippen molar-refractivity contribution in [3.05, 3.63) is 40.4 Å². The number of nitrogens with zero attached hydrogens (tertiary/aromatic N) is 1. The summed E-state index contributed by atoms with van der Waals surface area (Å²) in [5, 5.41) is 13.5. The summed E-state index contributed by atoms with van der Waals surface area (Å²) in [6.07, 6.45) is 4.52. The molecule has 5 nitrogen and oxygen atoms in total. The SMILES string of the molecule is O=c1[nH]c(CNC2CCCCC2CO)nc2ccccc12. The fraction of sp³-hybridized carbons (Fsp3) is 0.500. The first-order chi connectivity index (χ1) is 10.3. The molecule has 0 aliphatic heterocycles. The molecule has 0 radical (unpaired) electrons. The van der Waals surface area contributed by atoms with Gasteiger partial charge in [0.15, 0.2) is 0 Å². The van der Waals surface area contributed by atoms with Gasteiger partial charge >= 0.3 is 0 Å². The topological polar surface area (TPSA) is 78.0 Å². The maximum absolute atomic E-state index is 12.0. The van der Waals surface area contributed by atoms with Gasteiger partial charge in [-0.2, -0.15) is 0 Å². The molecule has 0 spiro atoms. The summed E-state index contributed by atoms with van der Waals surface area (Å²) in [7, 11) is 0. The maximum Gasteiger partial charge on any atom is 0.258 e. The van der Waals surface area contributed by atoms with Gasteiger partial charge in [-0.05, 0) is 30.9 Å². The molecule has 1 saturated carbocycles. The van der Waals surface area contributed by atoms with E-state index in [0.29, 0.717) is 29.7 Å². The molecule has 0 amide bonds. The Hall–Kier alpha value is -1.72. The summed E-state index contributed by atoms with van der Waals surface area (Å²) < 4.78 is 0. The van der Waals surface area contributed by atoms with E-state index >= 15 is 0 Å². The van der Waals surface area contributed by atoms with E-state index in [4.69, 9.17) is 0 Å². The highest BCUT2D eigenvalue weighted by atomic mass is 16.3. The van der Waals surface area contributed by atoms with Crippen molar-refractivity contribution in [1.82, 2.24) is 15.3 Å². The smallest absolute Gasteiger partial charge is 0.258 e. The Morgan fingerprint density at radius 1 is 1.29 bits per heavy atom. The molecule has 1 aliphatic carbocycles. The van der Waals surface area contributed by atoms with Gasteiger partial charge in [0.25, 0.3) is 5.56 Å². The molecule has 0 saturated heterocycles. The molecule has 21 heavy (non-hydrogen) atoms. The van der Waals surface area contributed by atoms with E-state index in [2.05, 4.69) is 15.3 Å². The first-order valence-electron chi connectivity index (χ1n) is 7.60. The zero-order chi connectivity index (χ0) is 14.7. The molecule has 1 aromatic carbocycles. The van der Waals surface area contributed by atoms with Gasteiger partial charge in [-0.25, -0.2) is 4.98 Å². The van der Waals surface area contributed by atoms with E-state index in [1.54, 1.807) is 6.07 Å². The summed E-state index contributed by atoms with van der Waals surface area (Å²) in [5.41, 5.74) is 0.625. The summed E-state index contributed by atoms with van der Waals surface area (Å²) in [6.45, 7) is 0.751. The average Bonchev–Trinajstić information content (AvgIpc) is 2.53. The molecule has 2 atom stereocenters. The minimum Gasteiger partial charge on any atom is -0.396 e. The quantitative estimate of drug-likeness (QED) is 0.797. The summed E-state index contributed by atoms with van der Waals surface area (Å²) in [4.78, 5) is 19.3. The van der Waals surface area contributed by atoms with Crippen LogP contribution in [0.1, 0.15) is 31.5 Å². The number of rotatable bonds is 4. The van der Waals surface area contributed by atoms with E-state index in [-0.39, 0.29) is 12.2 Å². The lowest BCUT2D eigenvalue weighted by Crippen LogP contribution is -2.40. The highest BCUT2D eigenvalue weighted by Gasteiger charge is 2.23. The number of nitrogens with one attached hydrogen (secondary N) is 2. The molecular formula is C16H21N3O2. The second-order valence-electron chi connectivity index (χ2n) is 5.74. The molecule has 1 fully saturated rings. The van der Waals surface area contributed by atoms with Crippen molar-refractivity contribution in [3.63, 3.8) is 0 Å². The van der Waals surface area contributed by atoms with Crippen LogP contribution in [-0.2, 0) is 6.54 Å². The van der Waals surface area contributed by atoms with Crippen molar-refractivity contribution in [2.24, 2.45) is 5.92 Å². The van der Waals surface area contributed by atoms with E-state index < -0.39 is 0 Å². The number of hydrogen-bond donors (Lipinski definition) is 3. The van der Waals surface area contributed by atoms with Crippen LogP contribution in [0.25, 0.3) is 10.9 Å². The van der Waals surface area contributed by atoms with E-state index in [0.717, 1.165) is 18.4 Å². The van der Waals surface area contributed by atoms with Crippen molar-refractivity contribution in [1.29, 1.82) is 0 Å². The van der Waals surface area contributed by atoms with Crippen LogP contribution in [0.4, 0.5) is 0 Å². The molecule has 112 valence electrons. The predicted molar refractivity (Wildman–Crippen MR) is 82.0 cm³/mol. The maximum atomic E-state index is 12.0. The van der Waals surface area contributed by atoms with Crippen LogP contribution in [0.2, 0.25) is 0 Å². The van der Waals surface area contributed by atoms with Crippen molar-refractivity contribution < 1.29 is 5.11 Å². The van der Waals surface area contributed by atoms with Crippen LogP contribution in [0.5, 0.6) is 0 Å². The van der Waals surface area contributed by atoms with Crippen molar-refractivity contribution >= 4 is 10.9 Å². The molecule has 0 bridgehead atoms. The molecule has 1 aliphatic rings. The summed E-state index contributed by atoms with van der Waals surface area (Å²) in [5.74, 6) is 0.965. The second kappa shape index (κ2) is 6.37. The minimum atomic E-state index is -0.0975. The lowest BCUT2D eigenvalue weighted by molar-refractivity contribution is 0.152. The van der Waals surface area contributed by atoms with Crippen molar-refractivity contribution in [2.75, 3.05) is 6.61 Å². The first-order valence-corrected chi connectivity index (χ1v) is 7.60. The van der Waals surface area contributed by atoms with Gasteiger partial charge in [0.05, 0.1) is 17.4 Å². The average molecular weight is 287 g/mol. The number of H-pyrrole nitrogens is 1. The fourth-order valence-electron chi connectivity index (χ4n) is 3.14. The monoisotopic (exact) mass is 287 g/mol. The highest BCUT2D eigenvalue weighted by molar-refractivity contribution is 5.77. The zero-order valence-electron chi connectivity index (χ0n) is 12.0. The minimum absolute atomic E-state index is 0.0975. The number of aliphatic hydroxyl groups is 1. The molecular weight excluding hydrogens is 266 g/mol. The number of para-hydroxylation sites is 1. The Morgan fingerprint density at radius 2 is 2.10 bits per heavy atom. The zero-order valence-corrected chi connectivity index (χ0v) is 12.0. The van der Waals surface area contributed by atoms with Crippen LogP contribution in [0, 0.1) is 5.92 Å². The van der Waals surface area contributed by atoms with Crippen LogP contribution < -0.4 is 10.9 Å². The Kier molecular flexibility index (Phi) is 4.31. The Labute approximate surface area is 123 Å². The van der Waals surface area contributed by atoms with Gasteiger partial charge in [0, 0.05) is 12.6 Å². The molecule has 2 aromatic rings. The molecule has 3 rings (SSSR count). The second-order valence-corrected chi connectivity index (χ2v) is 5.74. The molecule has 1 aromatic heterocycles. The Balaban J connectivity index is 1.74. The number of aromatic nitrogens is 2. The summed E-state index contributed by atoms with van der Waals surface area (Å²) in [6, 6.07) is 7.66. The van der Waals surface area contributed by atoms with E-state index in [1.165, 1.54) is 12.8 Å². The van der Waals surface area contributed by atoms with Crippen LogP contribution in [-0.4, -0.2) is 27.7 Å². The van der Waals surface area contributed by atoms with E-state index in [1.807, 2.05) is 18.2 Å². The number of aromatic amines is 1. The third-order valence-corrected chi connectivity index (χ3v) is 4.34. The van der Waals surface area contributed by atoms with Gasteiger partial charge in [0.2, 0.25) is 0 Å². The third-order valence-electron chi connectivity index (χ3n) is 4.34. The van der Waals surface area contributed by atoms with Crippen molar-refractivity contribution in [2.45, 2.75) is 38.3 Å². The van der Waals surface area contributed by atoms with Gasteiger partial charge in [-0.15, -0.1) is 0 Å². The lowest BCUT2D eigenvalue weighted by Gasteiger charge is -2.30. The molecule has 2 unspecified atom stereocenters. The van der Waals surface area contributed by atoms with Crippen LogP contribution in [0.3, 0.4) is 0 Å². The Morgan fingerprint density at radius 3 is 2.95 bits per heavy atom. The number of fused-ring (bicyclic) bond motifs is 1. The summed E-state index contributed by atoms with van der Waals surface area (Å²) >= 11 is 0.